The van der Waals surface area contributed by atoms with E-state index in [1.54, 1.807) is 24.3 Å². The van der Waals surface area contributed by atoms with Crippen molar-refractivity contribution < 1.29 is 18.3 Å². The van der Waals surface area contributed by atoms with E-state index >= 15 is 0 Å². The number of amides is 1. The van der Waals surface area contributed by atoms with Crippen molar-refractivity contribution in [3.63, 3.8) is 0 Å². The lowest BCUT2D eigenvalue weighted by Crippen LogP contribution is -2.44. The molecule has 0 radical (unpaired) electrons. The zero-order valence-electron chi connectivity index (χ0n) is 13.9. The second kappa shape index (κ2) is 8.94. The van der Waals surface area contributed by atoms with Crippen molar-refractivity contribution in [3.05, 3.63) is 29.8 Å². The summed E-state index contributed by atoms with van der Waals surface area (Å²) < 4.78 is 28.8. The molecule has 1 aromatic rings. The van der Waals surface area contributed by atoms with Gasteiger partial charge in [0.25, 0.3) is 0 Å². The van der Waals surface area contributed by atoms with Crippen LogP contribution in [-0.4, -0.2) is 43.6 Å². The summed E-state index contributed by atoms with van der Waals surface area (Å²) in [6, 6.07) is 6.79. The Morgan fingerprint density at radius 3 is 2.75 bits per heavy atom. The van der Waals surface area contributed by atoms with Crippen LogP contribution in [0.1, 0.15) is 31.4 Å². The van der Waals surface area contributed by atoms with E-state index in [1.807, 2.05) is 0 Å². The molecule has 134 valence electrons. The largest absolute Gasteiger partial charge is 0.435 e. The zero-order chi connectivity index (χ0) is 17.5. The maximum absolute atomic E-state index is 12.2. The Morgan fingerprint density at radius 2 is 2.12 bits per heavy atom. The fourth-order valence-corrected chi connectivity index (χ4v) is 3.05. The molecular formula is C17H25F2N3O2. The van der Waals surface area contributed by atoms with Gasteiger partial charge in [0.1, 0.15) is 5.75 Å². The number of piperidine rings is 1. The number of carbonyl (C=O) groups is 1. The molecule has 1 heterocycles. The van der Waals surface area contributed by atoms with Crippen LogP contribution in [0.4, 0.5) is 8.78 Å². The van der Waals surface area contributed by atoms with E-state index in [4.69, 9.17) is 5.73 Å². The van der Waals surface area contributed by atoms with Gasteiger partial charge in [0.2, 0.25) is 5.91 Å². The molecule has 0 saturated carbocycles. The van der Waals surface area contributed by atoms with E-state index in [0.717, 1.165) is 24.9 Å². The van der Waals surface area contributed by atoms with Crippen molar-refractivity contribution in [2.24, 2.45) is 11.7 Å². The molecule has 24 heavy (non-hydrogen) atoms. The number of alkyl halides is 2. The first-order valence-corrected chi connectivity index (χ1v) is 8.28. The van der Waals surface area contributed by atoms with Gasteiger partial charge in [-0.05, 0) is 44.0 Å². The number of halogens is 2. The van der Waals surface area contributed by atoms with Crippen LogP contribution in [0, 0.1) is 5.92 Å². The molecule has 1 aliphatic rings. The molecule has 1 fully saturated rings. The molecule has 0 aliphatic carbocycles. The van der Waals surface area contributed by atoms with E-state index in [2.05, 4.69) is 21.9 Å². The standard InChI is InChI=1S/C17H25F2N3O2/c1-12(13-4-6-15(7-5-13)24-17(18)19)22-10-2-3-14(11-22)16(23)21-9-8-20/h4-7,12,14,17H,2-3,8-11,20H2,1H3,(H,21,23). The van der Waals surface area contributed by atoms with Crippen LogP contribution in [-0.2, 0) is 4.79 Å². The normalized spacial score (nSPS) is 20.0. The summed E-state index contributed by atoms with van der Waals surface area (Å²) in [6.07, 6.45) is 1.83. The second-order valence-electron chi connectivity index (χ2n) is 6.04. The number of nitrogens with zero attached hydrogens (tertiary/aromatic N) is 1. The number of hydrogen-bond acceptors (Lipinski definition) is 4. The summed E-state index contributed by atoms with van der Waals surface area (Å²) in [5.41, 5.74) is 6.43. The van der Waals surface area contributed by atoms with Crippen molar-refractivity contribution in [2.75, 3.05) is 26.2 Å². The Bertz CT molecular complexity index is 525. The fraction of sp³-hybridized carbons (Fsp3) is 0.588. The molecule has 2 rings (SSSR count). The van der Waals surface area contributed by atoms with Gasteiger partial charge in [-0.3, -0.25) is 9.69 Å². The summed E-state index contributed by atoms with van der Waals surface area (Å²) >= 11 is 0. The highest BCUT2D eigenvalue weighted by molar-refractivity contribution is 5.78. The molecule has 0 aromatic heterocycles. The van der Waals surface area contributed by atoms with Gasteiger partial charge in [-0.25, -0.2) is 0 Å². The SMILES string of the molecule is CC(c1ccc(OC(F)F)cc1)N1CCCC(C(=O)NCCN)C1. The third kappa shape index (κ3) is 5.14. The fourth-order valence-electron chi connectivity index (χ4n) is 3.05. The first kappa shape index (κ1) is 18.6. The molecule has 2 unspecified atom stereocenters. The van der Waals surface area contributed by atoms with E-state index in [1.165, 1.54) is 0 Å². The quantitative estimate of drug-likeness (QED) is 0.797. The number of likely N-dealkylation sites (tertiary alicyclic amines) is 1. The zero-order valence-corrected chi connectivity index (χ0v) is 13.9. The van der Waals surface area contributed by atoms with Gasteiger partial charge in [0.15, 0.2) is 0 Å². The van der Waals surface area contributed by atoms with E-state index in [9.17, 15) is 13.6 Å². The number of benzene rings is 1. The summed E-state index contributed by atoms with van der Waals surface area (Å²) in [5.74, 6) is 0.172. The molecule has 3 N–H and O–H groups in total. The highest BCUT2D eigenvalue weighted by Gasteiger charge is 2.28. The molecular weight excluding hydrogens is 316 g/mol. The van der Waals surface area contributed by atoms with E-state index in [-0.39, 0.29) is 23.6 Å². The lowest BCUT2D eigenvalue weighted by Gasteiger charge is -2.36. The molecule has 0 spiro atoms. The van der Waals surface area contributed by atoms with Crippen molar-refractivity contribution in [1.29, 1.82) is 0 Å². The lowest BCUT2D eigenvalue weighted by molar-refractivity contribution is -0.126. The second-order valence-corrected chi connectivity index (χ2v) is 6.04. The van der Waals surface area contributed by atoms with Crippen molar-refractivity contribution in [3.8, 4) is 5.75 Å². The predicted octanol–water partition coefficient (Wildman–Crippen LogP) is 2.14. The molecule has 1 aromatic carbocycles. The number of hydrogen-bond donors (Lipinski definition) is 2. The van der Waals surface area contributed by atoms with E-state index < -0.39 is 6.61 Å². The molecule has 1 saturated heterocycles. The van der Waals surface area contributed by atoms with Gasteiger partial charge in [0.05, 0.1) is 5.92 Å². The Morgan fingerprint density at radius 1 is 1.42 bits per heavy atom. The average Bonchev–Trinajstić information content (AvgIpc) is 2.59. The van der Waals surface area contributed by atoms with Gasteiger partial charge in [0, 0.05) is 25.7 Å². The maximum Gasteiger partial charge on any atom is 0.387 e. The van der Waals surface area contributed by atoms with Crippen molar-refractivity contribution in [1.82, 2.24) is 10.2 Å². The Labute approximate surface area is 141 Å². The number of ether oxygens (including phenoxy) is 1. The smallest absolute Gasteiger partial charge is 0.387 e. The lowest BCUT2D eigenvalue weighted by atomic mass is 9.94. The van der Waals surface area contributed by atoms with Gasteiger partial charge in [-0.2, -0.15) is 8.78 Å². The summed E-state index contributed by atoms with van der Waals surface area (Å²) in [7, 11) is 0. The third-order valence-electron chi connectivity index (χ3n) is 4.40. The predicted molar refractivity (Wildman–Crippen MR) is 87.9 cm³/mol. The summed E-state index contributed by atoms with van der Waals surface area (Å²) in [4.78, 5) is 14.4. The van der Waals surface area contributed by atoms with Crippen LogP contribution in [0.5, 0.6) is 5.75 Å². The molecule has 1 aliphatic heterocycles. The van der Waals surface area contributed by atoms with Crippen molar-refractivity contribution >= 4 is 5.91 Å². The molecule has 7 heteroatoms. The topological polar surface area (TPSA) is 67.6 Å². The van der Waals surface area contributed by atoms with Gasteiger partial charge < -0.3 is 15.8 Å². The maximum atomic E-state index is 12.2. The number of nitrogens with one attached hydrogen (secondary N) is 1. The Hall–Kier alpha value is -1.73. The molecule has 2 atom stereocenters. The minimum absolute atomic E-state index is 0.0332. The number of nitrogens with two attached hydrogens (primary N) is 1. The third-order valence-corrected chi connectivity index (χ3v) is 4.40. The highest BCUT2D eigenvalue weighted by atomic mass is 19.3. The van der Waals surface area contributed by atoms with Crippen LogP contribution < -0.4 is 15.8 Å². The average molecular weight is 341 g/mol. The molecule has 0 bridgehead atoms. The number of rotatable bonds is 7. The van der Waals surface area contributed by atoms with Crippen LogP contribution in [0.15, 0.2) is 24.3 Å². The van der Waals surface area contributed by atoms with Gasteiger partial charge in [-0.1, -0.05) is 12.1 Å². The first-order valence-electron chi connectivity index (χ1n) is 8.28. The summed E-state index contributed by atoms with van der Waals surface area (Å²) in [5, 5.41) is 2.85. The van der Waals surface area contributed by atoms with Crippen LogP contribution >= 0.6 is 0 Å². The van der Waals surface area contributed by atoms with Crippen LogP contribution in [0.2, 0.25) is 0 Å². The minimum Gasteiger partial charge on any atom is -0.435 e. The van der Waals surface area contributed by atoms with Crippen molar-refractivity contribution in [2.45, 2.75) is 32.4 Å². The van der Waals surface area contributed by atoms with Crippen LogP contribution in [0.25, 0.3) is 0 Å². The monoisotopic (exact) mass is 341 g/mol. The van der Waals surface area contributed by atoms with Crippen LogP contribution in [0.3, 0.4) is 0 Å². The van der Waals surface area contributed by atoms with Gasteiger partial charge in [-0.15, -0.1) is 0 Å². The summed E-state index contributed by atoms with van der Waals surface area (Å²) in [6.45, 7) is 1.78. The first-order chi connectivity index (χ1) is 11.5. The minimum atomic E-state index is -2.82. The Balaban J connectivity index is 1.95. The highest BCUT2D eigenvalue weighted by Crippen LogP contribution is 2.28. The Kier molecular flexibility index (Phi) is 6.93. The van der Waals surface area contributed by atoms with Gasteiger partial charge >= 0.3 is 6.61 Å². The molecule has 1 amide bonds. The van der Waals surface area contributed by atoms with E-state index in [0.29, 0.717) is 19.6 Å². The number of carbonyl (C=O) groups excluding carboxylic acids is 1. The molecule has 5 nitrogen and oxygen atoms in total.